The summed E-state index contributed by atoms with van der Waals surface area (Å²) < 4.78 is 37.1. The monoisotopic (exact) mass is 596 g/mol. The lowest BCUT2D eigenvalue weighted by atomic mass is 9.93. The second kappa shape index (κ2) is 12.1. The minimum Gasteiger partial charge on any atom is -0.453 e. The highest BCUT2D eigenvalue weighted by molar-refractivity contribution is 7.89. The number of likely N-dealkylation sites (tertiary alicyclic amines) is 1. The molecule has 0 bridgehead atoms. The van der Waals surface area contributed by atoms with Gasteiger partial charge in [-0.1, -0.05) is 23.7 Å². The zero-order valence-corrected chi connectivity index (χ0v) is 24.7. The number of aromatic nitrogens is 2. The Hall–Kier alpha value is -3.59. The first-order valence-corrected chi connectivity index (χ1v) is 15.4. The fourth-order valence-corrected chi connectivity index (χ4v) is 7.97. The molecule has 1 aromatic heterocycles. The molecule has 2 aliphatic heterocycles. The van der Waals surface area contributed by atoms with Gasteiger partial charge in [0, 0.05) is 51.2 Å². The maximum Gasteiger partial charge on any atom is 0.409 e. The molecule has 0 spiro atoms. The van der Waals surface area contributed by atoms with E-state index in [1.807, 2.05) is 23.7 Å². The SMILES string of the molecule is COC(=O)N1CCC(CN(C2Cc3cc(C#N)ccc3N(Cc3cncn3C)C2)S(=O)(=O)c2ccccc2Cl)CC1. The van der Waals surface area contributed by atoms with Crippen LogP contribution in [0.1, 0.15) is 29.7 Å². The van der Waals surface area contributed by atoms with Crippen LogP contribution in [0.5, 0.6) is 0 Å². The third-order valence-electron chi connectivity index (χ3n) is 8.02. The maximum absolute atomic E-state index is 14.3. The van der Waals surface area contributed by atoms with Crippen molar-refractivity contribution in [2.75, 3.05) is 38.2 Å². The maximum atomic E-state index is 14.3. The Balaban J connectivity index is 1.51. The normalized spacial score (nSPS) is 17.8. The first-order chi connectivity index (χ1) is 19.7. The lowest BCUT2D eigenvalue weighted by Crippen LogP contribution is -2.53. The molecule has 2 aliphatic rings. The van der Waals surface area contributed by atoms with Crippen LogP contribution in [0.25, 0.3) is 0 Å². The zero-order chi connectivity index (χ0) is 29.1. The summed E-state index contributed by atoms with van der Waals surface area (Å²) in [5.41, 5.74) is 3.41. The molecule has 0 radical (unpaired) electrons. The number of rotatable bonds is 7. The number of carbonyl (C=O) groups is 1. The molecule has 1 unspecified atom stereocenters. The average molecular weight is 597 g/mol. The van der Waals surface area contributed by atoms with Crippen LogP contribution in [0.3, 0.4) is 0 Å². The van der Waals surface area contributed by atoms with Gasteiger partial charge < -0.3 is 19.1 Å². The van der Waals surface area contributed by atoms with Crippen molar-refractivity contribution in [3.05, 3.63) is 76.8 Å². The number of hydrogen-bond donors (Lipinski definition) is 0. The van der Waals surface area contributed by atoms with E-state index in [-0.39, 0.29) is 21.9 Å². The van der Waals surface area contributed by atoms with E-state index in [9.17, 15) is 18.5 Å². The van der Waals surface area contributed by atoms with Gasteiger partial charge in [-0.25, -0.2) is 18.2 Å². The predicted molar refractivity (Wildman–Crippen MR) is 155 cm³/mol. The number of nitriles is 1. The van der Waals surface area contributed by atoms with Crippen LogP contribution in [0.15, 0.2) is 59.9 Å². The molecule has 12 heteroatoms. The van der Waals surface area contributed by atoms with Crippen molar-refractivity contribution in [3.8, 4) is 6.07 Å². The quantitative estimate of drug-likeness (QED) is 0.404. The minimum atomic E-state index is -3.99. The fraction of sp³-hybridized carbons (Fsp3) is 0.414. The van der Waals surface area contributed by atoms with E-state index < -0.39 is 16.1 Å². The first-order valence-electron chi connectivity index (χ1n) is 13.5. The average Bonchev–Trinajstić information content (AvgIpc) is 3.39. The minimum absolute atomic E-state index is 0.0468. The highest BCUT2D eigenvalue weighted by atomic mass is 35.5. The lowest BCUT2D eigenvalue weighted by molar-refractivity contribution is 0.101. The van der Waals surface area contributed by atoms with Gasteiger partial charge in [-0.15, -0.1) is 0 Å². The number of aryl methyl sites for hydroxylation is 1. The van der Waals surface area contributed by atoms with Crippen LogP contribution in [0.4, 0.5) is 10.5 Å². The Bertz CT molecular complexity index is 1560. The smallest absolute Gasteiger partial charge is 0.409 e. The predicted octanol–water partition coefficient (Wildman–Crippen LogP) is 4.05. The number of carbonyl (C=O) groups excluding carboxylic acids is 1. The second-order valence-corrected chi connectivity index (χ2v) is 12.9. The van der Waals surface area contributed by atoms with Crippen LogP contribution in [-0.2, 0) is 34.8 Å². The van der Waals surface area contributed by atoms with Crippen molar-refractivity contribution in [3.63, 3.8) is 0 Å². The number of hydrogen-bond acceptors (Lipinski definition) is 7. The van der Waals surface area contributed by atoms with E-state index in [1.54, 1.807) is 52.1 Å². The van der Waals surface area contributed by atoms with E-state index in [4.69, 9.17) is 16.3 Å². The van der Waals surface area contributed by atoms with Gasteiger partial charge in [0.1, 0.15) is 4.90 Å². The number of nitrogens with zero attached hydrogens (tertiary/aromatic N) is 6. The summed E-state index contributed by atoms with van der Waals surface area (Å²) >= 11 is 6.45. The first kappa shape index (κ1) is 28.9. The standard InChI is InChI=1S/C29H33ClN6O4S/c1-33-20-32-16-25(33)19-35-18-24(14-23-13-22(15-31)7-8-27(23)35)36(41(38,39)28-6-4-3-5-26(28)30)17-21-9-11-34(12-10-21)29(37)40-2/h3-8,13,16,20-21,24H,9-12,14,17-19H2,1-2H3. The van der Waals surface area contributed by atoms with Crippen molar-refractivity contribution in [2.24, 2.45) is 13.0 Å². The Morgan fingerprint density at radius 1 is 1.22 bits per heavy atom. The van der Waals surface area contributed by atoms with Gasteiger partial charge in [0.05, 0.1) is 42.3 Å². The van der Waals surface area contributed by atoms with Crippen molar-refractivity contribution in [2.45, 2.75) is 36.7 Å². The molecule has 0 aliphatic carbocycles. The van der Waals surface area contributed by atoms with E-state index >= 15 is 0 Å². The summed E-state index contributed by atoms with van der Waals surface area (Å²) in [6, 6.07) is 13.9. The highest BCUT2D eigenvalue weighted by Gasteiger charge is 2.39. The number of imidazole rings is 1. The number of halogens is 1. The molecular weight excluding hydrogens is 564 g/mol. The number of sulfonamides is 1. The number of amides is 1. The molecule has 3 heterocycles. The van der Waals surface area contributed by atoms with Gasteiger partial charge >= 0.3 is 6.09 Å². The van der Waals surface area contributed by atoms with Gasteiger partial charge in [-0.05, 0) is 61.1 Å². The topological polar surface area (TPSA) is 112 Å². The summed E-state index contributed by atoms with van der Waals surface area (Å²) in [6.07, 6.45) is 4.95. The Labute approximate surface area is 245 Å². The highest BCUT2D eigenvalue weighted by Crippen LogP contribution is 2.35. The van der Waals surface area contributed by atoms with E-state index in [0.717, 1.165) is 16.9 Å². The van der Waals surface area contributed by atoms with Crippen molar-refractivity contribution >= 4 is 33.4 Å². The Morgan fingerprint density at radius 2 is 1.98 bits per heavy atom. The molecule has 5 rings (SSSR count). The Kier molecular flexibility index (Phi) is 8.54. The van der Waals surface area contributed by atoms with Crippen molar-refractivity contribution in [1.82, 2.24) is 18.8 Å². The number of benzene rings is 2. The summed E-state index contributed by atoms with van der Waals surface area (Å²) in [7, 11) is -0.698. The van der Waals surface area contributed by atoms with Crippen molar-refractivity contribution < 1.29 is 17.9 Å². The third-order valence-corrected chi connectivity index (χ3v) is 10.4. The molecule has 1 atom stereocenters. The molecule has 1 saturated heterocycles. The Morgan fingerprint density at radius 3 is 2.63 bits per heavy atom. The molecule has 216 valence electrons. The fourth-order valence-electron chi connectivity index (χ4n) is 5.78. The molecular formula is C29H33ClN6O4S. The number of anilines is 1. The summed E-state index contributed by atoms with van der Waals surface area (Å²) in [4.78, 5) is 20.2. The number of methoxy groups -OCH3 is 1. The molecule has 2 aromatic carbocycles. The molecule has 3 aromatic rings. The van der Waals surface area contributed by atoms with Gasteiger partial charge in [0.25, 0.3) is 0 Å². The molecule has 0 N–H and O–H groups in total. The number of ether oxygens (including phenoxy) is 1. The summed E-state index contributed by atoms with van der Waals surface area (Å²) in [5, 5.41) is 9.77. The van der Waals surface area contributed by atoms with E-state index in [1.165, 1.54) is 7.11 Å². The van der Waals surface area contributed by atoms with Crippen molar-refractivity contribution in [1.29, 1.82) is 5.26 Å². The molecule has 10 nitrogen and oxygen atoms in total. The summed E-state index contributed by atoms with van der Waals surface area (Å²) in [5.74, 6) is 0.0468. The van der Waals surface area contributed by atoms with E-state index in [0.29, 0.717) is 57.5 Å². The molecule has 1 amide bonds. The number of fused-ring (bicyclic) bond motifs is 1. The van der Waals surface area contributed by atoms with Crippen LogP contribution >= 0.6 is 11.6 Å². The van der Waals surface area contributed by atoms with Crippen LogP contribution in [-0.4, -0.2) is 72.6 Å². The van der Waals surface area contributed by atoms with Crippen LogP contribution < -0.4 is 4.90 Å². The van der Waals surface area contributed by atoms with Crippen LogP contribution in [0.2, 0.25) is 5.02 Å². The lowest BCUT2D eigenvalue weighted by Gasteiger charge is -2.42. The zero-order valence-electron chi connectivity index (χ0n) is 23.1. The largest absolute Gasteiger partial charge is 0.453 e. The molecule has 41 heavy (non-hydrogen) atoms. The molecule has 1 fully saturated rings. The molecule has 0 saturated carbocycles. The third kappa shape index (κ3) is 6.05. The number of piperidine rings is 1. The van der Waals surface area contributed by atoms with Gasteiger partial charge in [0.15, 0.2) is 0 Å². The van der Waals surface area contributed by atoms with Gasteiger partial charge in [-0.2, -0.15) is 9.57 Å². The van der Waals surface area contributed by atoms with Crippen LogP contribution in [0, 0.1) is 17.2 Å². The summed E-state index contributed by atoms with van der Waals surface area (Å²) in [6.45, 7) is 2.28. The van der Waals surface area contributed by atoms with Gasteiger partial charge in [-0.3, -0.25) is 0 Å². The van der Waals surface area contributed by atoms with E-state index in [2.05, 4.69) is 16.0 Å². The van der Waals surface area contributed by atoms with Gasteiger partial charge in [0.2, 0.25) is 10.0 Å². The second-order valence-electron chi connectivity index (χ2n) is 10.6.